The molecule has 1 atom stereocenters. The van der Waals surface area contributed by atoms with E-state index in [-0.39, 0.29) is 5.97 Å². The van der Waals surface area contributed by atoms with Gasteiger partial charge in [0, 0.05) is 12.3 Å². The zero-order chi connectivity index (χ0) is 28.1. The summed E-state index contributed by atoms with van der Waals surface area (Å²) >= 11 is 0. The highest BCUT2D eigenvalue weighted by Gasteiger charge is 2.30. The molecule has 0 bridgehead atoms. The molecule has 38 heavy (non-hydrogen) atoms. The Balaban J connectivity index is 2.12. The lowest BCUT2D eigenvalue weighted by molar-refractivity contribution is -0.142. The number of rotatable bonds is 20. The predicted octanol–water partition coefficient (Wildman–Crippen LogP) is 11.4. The fourth-order valence-corrected chi connectivity index (χ4v) is 5.33. The van der Waals surface area contributed by atoms with Gasteiger partial charge in [-0.3, -0.25) is 4.79 Å². The Kier molecular flexibility index (Phi) is 18.9. The molecule has 0 amide bonds. The van der Waals surface area contributed by atoms with Gasteiger partial charge in [0.1, 0.15) is 6.61 Å². The first kappa shape index (κ1) is 34.2. The van der Waals surface area contributed by atoms with Gasteiger partial charge in [0.2, 0.25) is 0 Å². The van der Waals surface area contributed by atoms with Crippen molar-refractivity contribution in [2.24, 2.45) is 11.3 Å². The Labute approximate surface area is 236 Å². The van der Waals surface area contributed by atoms with Crippen molar-refractivity contribution in [2.75, 3.05) is 6.61 Å². The third-order valence-corrected chi connectivity index (χ3v) is 7.99. The summed E-state index contributed by atoms with van der Waals surface area (Å²) < 4.78 is 5.40. The van der Waals surface area contributed by atoms with Crippen LogP contribution in [-0.2, 0) is 9.53 Å². The molecule has 0 N–H and O–H groups in total. The number of hydrogen-bond acceptors (Lipinski definition) is 2. The van der Waals surface area contributed by atoms with Crippen LogP contribution in [0, 0.1) is 11.3 Å². The molecule has 1 aliphatic carbocycles. The highest BCUT2D eigenvalue weighted by Crippen LogP contribution is 2.41. The maximum atomic E-state index is 12.0. The highest BCUT2D eigenvalue weighted by molar-refractivity contribution is 5.69. The minimum Gasteiger partial charge on any atom is -0.461 e. The SMILES string of the molecule is CCCCCCCCCCCCCCCC(=O)OC/C=C(C)/C=C/C=C(C)/C=C/C1C(C)=CCCC1(C)C. The normalized spacial score (nSPS) is 18.4. The van der Waals surface area contributed by atoms with Crippen LogP contribution >= 0.6 is 0 Å². The van der Waals surface area contributed by atoms with Gasteiger partial charge in [0.25, 0.3) is 0 Å². The number of unbranched alkanes of at least 4 members (excludes halogenated alkanes) is 12. The molecule has 216 valence electrons. The molecule has 0 aromatic carbocycles. The number of esters is 1. The molecule has 1 unspecified atom stereocenters. The molecule has 0 saturated heterocycles. The first-order valence-corrected chi connectivity index (χ1v) is 15.8. The number of ether oxygens (including phenoxy) is 1. The average Bonchev–Trinajstić information content (AvgIpc) is 2.86. The van der Waals surface area contributed by atoms with Crippen LogP contribution < -0.4 is 0 Å². The Morgan fingerprint density at radius 2 is 1.47 bits per heavy atom. The van der Waals surface area contributed by atoms with Gasteiger partial charge in [-0.15, -0.1) is 0 Å². The average molecular weight is 525 g/mol. The van der Waals surface area contributed by atoms with E-state index in [4.69, 9.17) is 4.74 Å². The lowest BCUT2D eigenvalue weighted by atomic mass is 9.68. The van der Waals surface area contributed by atoms with E-state index < -0.39 is 0 Å². The van der Waals surface area contributed by atoms with Crippen molar-refractivity contribution in [2.45, 2.75) is 144 Å². The fourth-order valence-electron chi connectivity index (χ4n) is 5.33. The maximum absolute atomic E-state index is 12.0. The molecule has 1 rings (SSSR count). The molecule has 1 aliphatic rings. The Bertz CT molecular complexity index is 790. The molecule has 0 aromatic heterocycles. The van der Waals surface area contributed by atoms with E-state index in [9.17, 15) is 4.79 Å². The van der Waals surface area contributed by atoms with Crippen LogP contribution in [0.3, 0.4) is 0 Å². The van der Waals surface area contributed by atoms with Crippen molar-refractivity contribution in [3.05, 3.63) is 59.3 Å². The van der Waals surface area contributed by atoms with E-state index in [1.54, 1.807) is 0 Å². The summed E-state index contributed by atoms with van der Waals surface area (Å²) in [4.78, 5) is 12.0. The van der Waals surface area contributed by atoms with Gasteiger partial charge in [-0.05, 0) is 51.5 Å². The summed E-state index contributed by atoms with van der Waals surface area (Å²) in [5, 5.41) is 0. The molecule has 0 fully saturated rings. The first-order chi connectivity index (χ1) is 18.3. The number of hydrogen-bond donors (Lipinski definition) is 0. The third-order valence-electron chi connectivity index (χ3n) is 7.99. The van der Waals surface area contributed by atoms with E-state index in [2.05, 4.69) is 78.0 Å². The lowest BCUT2D eigenvalue weighted by Crippen LogP contribution is -2.26. The predicted molar refractivity (Wildman–Crippen MR) is 167 cm³/mol. The van der Waals surface area contributed by atoms with Crippen LogP contribution in [0.15, 0.2) is 59.3 Å². The molecule has 0 aliphatic heterocycles. The molecule has 0 heterocycles. The summed E-state index contributed by atoms with van der Waals surface area (Å²) in [6.07, 6.45) is 35.4. The summed E-state index contributed by atoms with van der Waals surface area (Å²) in [5.74, 6) is 0.441. The van der Waals surface area contributed by atoms with Crippen molar-refractivity contribution in [1.29, 1.82) is 0 Å². The molecule has 2 nitrogen and oxygen atoms in total. The maximum Gasteiger partial charge on any atom is 0.306 e. The van der Waals surface area contributed by atoms with Crippen LogP contribution in [0.4, 0.5) is 0 Å². The van der Waals surface area contributed by atoms with Crippen molar-refractivity contribution in [3.8, 4) is 0 Å². The number of carbonyl (C=O) groups is 1. The summed E-state index contributed by atoms with van der Waals surface area (Å²) in [6.45, 7) is 13.8. The van der Waals surface area contributed by atoms with Crippen molar-refractivity contribution in [3.63, 3.8) is 0 Å². The van der Waals surface area contributed by atoms with Crippen LogP contribution in [0.2, 0.25) is 0 Å². The van der Waals surface area contributed by atoms with Gasteiger partial charge in [-0.1, -0.05) is 151 Å². The Hall–Kier alpha value is -1.83. The van der Waals surface area contributed by atoms with Gasteiger partial charge in [0.15, 0.2) is 0 Å². The first-order valence-electron chi connectivity index (χ1n) is 15.8. The van der Waals surface area contributed by atoms with Gasteiger partial charge in [-0.2, -0.15) is 0 Å². The van der Waals surface area contributed by atoms with Crippen LogP contribution in [0.1, 0.15) is 144 Å². The molecular weight excluding hydrogens is 464 g/mol. The summed E-state index contributed by atoms with van der Waals surface area (Å²) in [7, 11) is 0. The van der Waals surface area contributed by atoms with E-state index in [0.717, 1.165) is 18.4 Å². The quantitative estimate of drug-likeness (QED) is 0.0685. The summed E-state index contributed by atoms with van der Waals surface area (Å²) in [5.41, 5.74) is 4.17. The standard InChI is InChI=1S/C36H60O2/c1-7-8-9-10-11-12-13-14-15-16-17-18-19-25-35(37)38-30-28-32(3)23-20-22-31(2)26-27-34-33(4)24-21-29-36(34,5)6/h20,22-24,26-28,34H,7-19,21,25,29-30H2,1-6H3/b23-20+,27-26+,31-22+,32-28+. The molecule has 0 spiro atoms. The fraction of sp³-hybridized carbons (Fsp3) is 0.694. The topological polar surface area (TPSA) is 26.3 Å². The zero-order valence-electron chi connectivity index (χ0n) is 26.0. The van der Waals surface area contributed by atoms with E-state index in [1.807, 2.05) is 6.08 Å². The number of carbonyl (C=O) groups excluding carboxylic acids is 1. The molecule has 0 saturated carbocycles. The largest absolute Gasteiger partial charge is 0.461 e. The van der Waals surface area contributed by atoms with Gasteiger partial charge in [0.05, 0.1) is 0 Å². The highest BCUT2D eigenvalue weighted by atomic mass is 16.5. The molecule has 0 aromatic rings. The Morgan fingerprint density at radius 3 is 2.05 bits per heavy atom. The minimum atomic E-state index is -0.0723. The minimum absolute atomic E-state index is 0.0723. The third kappa shape index (κ3) is 16.9. The van der Waals surface area contributed by atoms with E-state index in [1.165, 1.54) is 94.6 Å². The molecular formula is C36H60O2. The number of allylic oxidation sites excluding steroid dienone is 9. The van der Waals surface area contributed by atoms with Crippen molar-refractivity contribution >= 4 is 5.97 Å². The smallest absolute Gasteiger partial charge is 0.306 e. The molecule has 0 radical (unpaired) electrons. The van der Waals surface area contributed by atoms with E-state index in [0.29, 0.717) is 24.4 Å². The van der Waals surface area contributed by atoms with Gasteiger partial charge < -0.3 is 4.74 Å². The lowest BCUT2D eigenvalue weighted by Gasteiger charge is -2.36. The van der Waals surface area contributed by atoms with Crippen LogP contribution in [0.5, 0.6) is 0 Å². The van der Waals surface area contributed by atoms with Gasteiger partial charge >= 0.3 is 5.97 Å². The Morgan fingerprint density at radius 1 is 0.895 bits per heavy atom. The second-order valence-corrected chi connectivity index (χ2v) is 12.2. The summed E-state index contributed by atoms with van der Waals surface area (Å²) in [6, 6.07) is 0. The monoisotopic (exact) mass is 524 g/mol. The van der Waals surface area contributed by atoms with Gasteiger partial charge in [-0.25, -0.2) is 0 Å². The van der Waals surface area contributed by atoms with Crippen molar-refractivity contribution < 1.29 is 9.53 Å². The molecule has 2 heteroatoms. The van der Waals surface area contributed by atoms with Crippen molar-refractivity contribution in [1.82, 2.24) is 0 Å². The van der Waals surface area contributed by atoms with E-state index >= 15 is 0 Å². The second kappa shape index (κ2) is 21.0. The zero-order valence-corrected chi connectivity index (χ0v) is 26.0. The second-order valence-electron chi connectivity index (χ2n) is 12.2. The van der Waals surface area contributed by atoms with Crippen LogP contribution in [-0.4, -0.2) is 12.6 Å². The van der Waals surface area contributed by atoms with Crippen LogP contribution in [0.25, 0.3) is 0 Å².